The van der Waals surface area contributed by atoms with Gasteiger partial charge in [0.2, 0.25) is 0 Å². The first-order valence-corrected chi connectivity index (χ1v) is 5.56. The Kier molecular flexibility index (Phi) is 4.94. The molecule has 1 unspecified atom stereocenters. The van der Waals surface area contributed by atoms with Gasteiger partial charge in [-0.05, 0) is 44.7 Å². The predicted octanol–water partition coefficient (Wildman–Crippen LogP) is 1.58. The van der Waals surface area contributed by atoms with Crippen molar-refractivity contribution in [3.63, 3.8) is 0 Å². The number of nitrogens with one attached hydrogen (secondary N) is 1. The molecule has 0 aromatic heterocycles. The molecule has 82 valence electrons. The van der Waals surface area contributed by atoms with Crippen LogP contribution in [0.2, 0.25) is 0 Å². The summed E-state index contributed by atoms with van der Waals surface area (Å²) in [6, 6.07) is 0. The van der Waals surface area contributed by atoms with Crippen molar-refractivity contribution in [2.75, 3.05) is 20.2 Å². The highest BCUT2D eigenvalue weighted by molar-refractivity contribution is 5.72. The van der Waals surface area contributed by atoms with Gasteiger partial charge < -0.3 is 10.1 Å². The lowest BCUT2D eigenvalue weighted by Gasteiger charge is -2.25. The van der Waals surface area contributed by atoms with Crippen LogP contribution in [-0.2, 0) is 9.53 Å². The highest BCUT2D eigenvalue weighted by Crippen LogP contribution is 2.23. The van der Waals surface area contributed by atoms with E-state index in [4.69, 9.17) is 4.74 Å². The zero-order valence-electron chi connectivity index (χ0n) is 9.21. The lowest BCUT2D eigenvalue weighted by atomic mass is 9.86. The van der Waals surface area contributed by atoms with Crippen molar-refractivity contribution >= 4 is 5.97 Å². The van der Waals surface area contributed by atoms with Crippen LogP contribution in [0, 0.1) is 11.8 Å². The van der Waals surface area contributed by atoms with Crippen LogP contribution in [-0.4, -0.2) is 26.2 Å². The number of carbonyl (C=O) groups excluding carboxylic acids is 1. The Morgan fingerprint density at radius 3 is 2.64 bits per heavy atom. The molecule has 1 fully saturated rings. The zero-order chi connectivity index (χ0) is 10.4. The molecule has 0 saturated carbocycles. The molecule has 1 rings (SSSR count). The molecule has 3 nitrogen and oxygen atoms in total. The Labute approximate surface area is 86.2 Å². The lowest BCUT2D eigenvalue weighted by Crippen LogP contribution is -2.30. The summed E-state index contributed by atoms with van der Waals surface area (Å²) in [4.78, 5) is 11.4. The third kappa shape index (κ3) is 3.29. The molecule has 0 bridgehead atoms. The maximum Gasteiger partial charge on any atom is 0.308 e. The van der Waals surface area contributed by atoms with E-state index in [0.717, 1.165) is 25.9 Å². The minimum absolute atomic E-state index is 0.0361. The molecule has 0 aromatic carbocycles. The molecule has 1 saturated heterocycles. The minimum Gasteiger partial charge on any atom is -0.469 e. The van der Waals surface area contributed by atoms with Gasteiger partial charge in [0, 0.05) is 0 Å². The Hall–Kier alpha value is -0.570. The average Bonchev–Trinajstić information content (AvgIpc) is 2.26. The number of esters is 1. The molecule has 3 heteroatoms. The molecule has 0 aliphatic carbocycles. The fraction of sp³-hybridized carbons (Fsp3) is 0.909. The van der Waals surface area contributed by atoms with Gasteiger partial charge in [0.05, 0.1) is 13.0 Å². The van der Waals surface area contributed by atoms with E-state index in [1.807, 2.05) is 0 Å². The van der Waals surface area contributed by atoms with Gasteiger partial charge in [-0.2, -0.15) is 0 Å². The highest BCUT2D eigenvalue weighted by atomic mass is 16.5. The molecule has 1 atom stereocenters. The van der Waals surface area contributed by atoms with E-state index < -0.39 is 0 Å². The summed E-state index contributed by atoms with van der Waals surface area (Å²) in [5, 5.41) is 3.33. The first kappa shape index (κ1) is 11.5. The molecule has 0 radical (unpaired) electrons. The van der Waals surface area contributed by atoms with Gasteiger partial charge in [-0.1, -0.05) is 6.92 Å². The molecule has 1 N–H and O–H groups in total. The van der Waals surface area contributed by atoms with Gasteiger partial charge in [0.1, 0.15) is 0 Å². The number of carbonyl (C=O) groups is 1. The van der Waals surface area contributed by atoms with Gasteiger partial charge in [0.25, 0.3) is 0 Å². The number of hydrogen-bond acceptors (Lipinski definition) is 3. The number of piperidine rings is 1. The Morgan fingerprint density at radius 1 is 1.50 bits per heavy atom. The first-order valence-electron chi connectivity index (χ1n) is 5.56. The molecule has 0 spiro atoms. The molecule has 1 heterocycles. The van der Waals surface area contributed by atoms with Crippen molar-refractivity contribution in [2.24, 2.45) is 11.8 Å². The summed E-state index contributed by atoms with van der Waals surface area (Å²) >= 11 is 0. The van der Waals surface area contributed by atoms with Crippen molar-refractivity contribution in [3.8, 4) is 0 Å². The van der Waals surface area contributed by atoms with Crippen LogP contribution in [0.5, 0.6) is 0 Å². The monoisotopic (exact) mass is 199 g/mol. The number of hydrogen-bond donors (Lipinski definition) is 1. The smallest absolute Gasteiger partial charge is 0.308 e. The molecule has 0 amide bonds. The number of ether oxygens (including phenoxy) is 1. The van der Waals surface area contributed by atoms with E-state index >= 15 is 0 Å². The van der Waals surface area contributed by atoms with Crippen LogP contribution in [0.3, 0.4) is 0 Å². The van der Waals surface area contributed by atoms with Crippen LogP contribution >= 0.6 is 0 Å². The van der Waals surface area contributed by atoms with Crippen LogP contribution in [0.4, 0.5) is 0 Å². The second kappa shape index (κ2) is 6.02. The lowest BCUT2D eigenvalue weighted by molar-refractivity contribution is -0.146. The van der Waals surface area contributed by atoms with E-state index in [1.165, 1.54) is 20.0 Å². The van der Waals surface area contributed by atoms with Gasteiger partial charge in [-0.25, -0.2) is 0 Å². The normalized spacial score (nSPS) is 20.4. The number of rotatable bonds is 4. The van der Waals surface area contributed by atoms with E-state index in [0.29, 0.717) is 5.92 Å². The van der Waals surface area contributed by atoms with E-state index in [-0.39, 0.29) is 11.9 Å². The standard InChI is InChI=1S/C11H21NO2/c1-3-10(11(13)14-2)8-9-4-6-12-7-5-9/h9-10,12H,3-8H2,1-2H3. The third-order valence-corrected chi connectivity index (χ3v) is 3.10. The molecule has 14 heavy (non-hydrogen) atoms. The van der Waals surface area contributed by atoms with Gasteiger partial charge >= 0.3 is 5.97 Å². The summed E-state index contributed by atoms with van der Waals surface area (Å²) in [6.45, 7) is 4.26. The molecule has 0 aromatic rings. The molecule has 1 aliphatic rings. The molecular formula is C11H21NO2. The van der Waals surface area contributed by atoms with Crippen molar-refractivity contribution in [1.29, 1.82) is 0 Å². The Morgan fingerprint density at radius 2 is 2.14 bits per heavy atom. The maximum absolute atomic E-state index is 11.4. The Bertz CT molecular complexity index is 176. The quantitative estimate of drug-likeness (QED) is 0.698. The van der Waals surface area contributed by atoms with Crippen LogP contribution in [0.1, 0.15) is 32.6 Å². The van der Waals surface area contributed by atoms with Gasteiger partial charge in [0.15, 0.2) is 0 Å². The number of methoxy groups -OCH3 is 1. The van der Waals surface area contributed by atoms with Gasteiger partial charge in [-0.15, -0.1) is 0 Å². The van der Waals surface area contributed by atoms with Crippen molar-refractivity contribution in [1.82, 2.24) is 5.32 Å². The van der Waals surface area contributed by atoms with Crippen LogP contribution < -0.4 is 5.32 Å². The van der Waals surface area contributed by atoms with E-state index in [1.54, 1.807) is 0 Å². The predicted molar refractivity (Wildman–Crippen MR) is 56.0 cm³/mol. The highest BCUT2D eigenvalue weighted by Gasteiger charge is 2.23. The summed E-state index contributed by atoms with van der Waals surface area (Å²) < 4.78 is 4.79. The largest absolute Gasteiger partial charge is 0.469 e. The van der Waals surface area contributed by atoms with Crippen molar-refractivity contribution < 1.29 is 9.53 Å². The van der Waals surface area contributed by atoms with E-state index in [2.05, 4.69) is 12.2 Å². The SMILES string of the molecule is CCC(CC1CCNCC1)C(=O)OC. The van der Waals surface area contributed by atoms with Crippen LogP contribution in [0.25, 0.3) is 0 Å². The van der Waals surface area contributed by atoms with E-state index in [9.17, 15) is 4.79 Å². The minimum atomic E-state index is -0.0361. The van der Waals surface area contributed by atoms with Crippen molar-refractivity contribution in [3.05, 3.63) is 0 Å². The van der Waals surface area contributed by atoms with Crippen molar-refractivity contribution in [2.45, 2.75) is 32.6 Å². The molecular weight excluding hydrogens is 178 g/mol. The zero-order valence-corrected chi connectivity index (χ0v) is 9.21. The third-order valence-electron chi connectivity index (χ3n) is 3.10. The summed E-state index contributed by atoms with van der Waals surface area (Å²) in [5.41, 5.74) is 0. The maximum atomic E-state index is 11.4. The fourth-order valence-corrected chi connectivity index (χ4v) is 2.12. The second-order valence-electron chi connectivity index (χ2n) is 4.06. The van der Waals surface area contributed by atoms with Gasteiger partial charge in [-0.3, -0.25) is 4.79 Å². The summed E-state index contributed by atoms with van der Waals surface area (Å²) in [7, 11) is 1.48. The Balaban J connectivity index is 2.34. The summed E-state index contributed by atoms with van der Waals surface area (Å²) in [5.74, 6) is 0.787. The fourth-order valence-electron chi connectivity index (χ4n) is 2.12. The van der Waals surface area contributed by atoms with Crippen LogP contribution in [0.15, 0.2) is 0 Å². The topological polar surface area (TPSA) is 38.3 Å². The second-order valence-corrected chi connectivity index (χ2v) is 4.06. The molecule has 1 aliphatic heterocycles. The summed E-state index contributed by atoms with van der Waals surface area (Å²) in [6.07, 6.45) is 4.31. The average molecular weight is 199 g/mol. The first-order chi connectivity index (χ1) is 6.77.